The molecule has 0 bridgehead atoms. The van der Waals surface area contributed by atoms with E-state index in [0.717, 1.165) is 19.2 Å². The van der Waals surface area contributed by atoms with Gasteiger partial charge in [-0.15, -0.1) is 0 Å². The molecule has 0 spiro atoms. The maximum atomic E-state index is 13.0. The molecule has 1 amide bonds. The van der Waals surface area contributed by atoms with Crippen LogP contribution in [-0.2, 0) is 0 Å². The third kappa shape index (κ3) is 4.18. The first-order valence-corrected chi connectivity index (χ1v) is 5.38. The van der Waals surface area contributed by atoms with Crippen molar-refractivity contribution >= 4 is 11.6 Å². The van der Waals surface area contributed by atoms with E-state index in [0.29, 0.717) is 11.0 Å². The van der Waals surface area contributed by atoms with Gasteiger partial charge >= 0.3 is 6.18 Å². The predicted octanol–water partition coefficient (Wildman–Crippen LogP) is 2.76. The molecule has 0 heterocycles. The lowest BCUT2D eigenvalue weighted by molar-refractivity contribution is -0.385. The van der Waals surface area contributed by atoms with E-state index in [1.807, 2.05) is 0 Å². The molecule has 1 aromatic rings. The number of nitro benzene ring substituents is 1. The van der Waals surface area contributed by atoms with Crippen LogP contribution >= 0.6 is 0 Å². The second-order valence-electron chi connectivity index (χ2n) is 4.01. The van der Waals surface area contributed by atoms with E-state index < -0.39 is 47.0 Å². The molecule has 110 valence electrons. The number of hydrogen-bond acceptors (Lipinski definition) is 3. The van der Waals surface area contributed by atoms with Gasteiger partial charge in [-0.3, -0.25) is 14.9 Å². The summed E-state index contributed by atoms with van der Waals surface area (Å²) in [5.74, 6) is -1.93. The van der Waals surface area contributed by atoms with Crippen molar-refractivity contribution in [2.45, 2.75) is 12.6 Å². The van der Waals surface area contributed by atoms with Gasteiger partial charge in [-0.05, 0) is 12.1 Å². The second kappa shape index (κ2) is 5.85. The number of carbonyl (C=O) groups is 1. The SMILES string of the molecule is CN(CCC(F)(F)F)C(=O)c1cc(F)ccc1[N+](=O)[O-]. The Labute approximate surface area is 110 Å². The summed E-state index contributed by atoms with van der Waals surface area (Å²) >= 11 is 0. The zero-order valence-corrected chi connectivity index (χ0v) is 10.3. The highest BCUT2D eigenvalue weighted by Gasteiger charge is 2.30. The molecule has 0 aromatic heterocycles. The quantitative estimate of drug-likeness (QED) is 0.487. The van der Waals surface area contributed by atoms with Crippen LogP contribution in [0, 0.1) is 15.9 Å². The molecule has 20 heavy (non-hydrogen) atoms. The minimum absolute atomic E-state index is 0.584. The number of halogens is 4. The molecule has 0 saturated carbocycles. The lowest BCUT2D eigenvalue weighted by atomic mass is 10.1. The monoisotopic (exact) mass is 294 g/mol. The standard InChI is InChI=1S/C11H10F4N2O3/c1-16(5-4-11(13,14)15)10(18)8-6-7(12)2-3-9(8)17(19)20/h2-3,6H,4-5H2,1H3. The molecular weight excluding hydrogens is 284 g/mol. The highest BCUT2D eigenvalue weighted by molar-refractivity contribution is 5.98. The summed E-state index contributed by atoms with van der Waals surface area (Å²) < 4.78 is 49.2. The van der Waals surface area contributed by atoms with E-state index >= 15 is 0 Å². The van der Waals surface area contributed by atoms with Gasteiger partial charge in [0.05, 0.1) is 11.3 Å². The van der Waals surface area contributed by atoms with Gasteiger partial charge in [0.2, 0.25) is 0 Å². The number of nitro groups is 1. The highest BCUT2D eigenvalue weighted by atomic mass is 19.4. The van der Waals surface area contributed by atoms with Gasteiger partial charge in [-0.2, -0.15) is 13.2 Å². The Hall–Kier alpha value is -2.19. The van der Waals surface area contributed by atoms with Gasteiger partial charge in [-0.25, -0.2) is 4.39 Å². The number of benzene rings is 1. The Morgan fingerprint density at radius 2 is 2.00 bits per heavy atom. The zero-order chi connectivity index (χ0) is 15.5. The van der Waals surface area contributed by atoms with E-state index in [2.05, 4.69) is 0 Å². The molecule has 9 heteroatoms. The summed E-state index contributed by atoms with van der Waals surface area (Å²) in [6.45, 7) is -0.671. The fraction of sp³-hybridized carbons (Fsp3) is 0.364. The molecule has 0 N–H and O–H groups in total. The van der Waals surface area contributed by atoms with Crippen molar-refractivity contribution < 1.29 is 27.3 Å². The number of rotatable bonds is 4. The van der Waals surface area contributed by atoms with Crippen LogP contribution in [0.25, 0.3) is 0 Å². The molecule has 5 nitrogen and oxygen atoms in total. The summed E-state index contributed by atoms with van der Waals surface area (Å²) in [7, 11) is 1.06. The lowest BCUT2D eigenvalue weighted by Crippen LogP contribution is -2.31. The third-order valence-corrected chi connectivity index (χ3v) is 2.46. The summed E-state index contributed by atoms with van der Waals surface area (Å²) in [5, 5.41) is 10.7. The summed E-state index contributed by atoms with van der Waals surface area (Å²) in [6, 6.07) is 2.22. The summed E-state index contributed by atoms with van der Waals surface area (Å²) in [4.78, 5) is 22.3. The number of alkyl halides is 3. The topological polar surface area (TPSA) is 63.5 Å². The van der Waals surface area contributed by atoms with Gasteiger partial charge in [0.15, 0.2) is 0 Å². The summed E-state index contributed by atoms with van der Waals surface area (Å²) in [6.07, 6.45) is -5.71. The van der Waals surface area contributed by atoms with E-state index in [1.165, 1.54) is 0 Å². The zero-order valence-electron chi connectivity index (χ0n) is 10.3. The van der Waals surface area contributed by atoms with Crippen molar-refractivity contribution in [3.05, 3.63) is 39.7 Å². The van der Waals surface area contributed by atoms with Crippen LogP contribution in [0.3, 0.4) is 0 Å². The number of carbonyl (C=O) groups excluding carboxylic acids is 1. The largest absolute Gasteiger partial charge is 0.390 e. The third-order valence-electron chi connectivity index (χ3n) is 2.46. The normalized spacial score (nSPS) is 11.2. The predicted molar refractivity (Wildman–Crippen MR) is 60.7 cm³/mol. The molecule has 0 unspecified atom stereocenters. The van der Waals surface area contributed by atoms with E-state index in [9.17, 15) is 32.5 Å². The highest BCUT2D eigenvalue weighted by Crippen LogP contribution is 2.23. The van der Waals surface area contributed by atoms with Crippen LogP contribution in [0.5, 0.6) is 0 Å². The van der Waals surface area contributed by atoms with Gasteiger partial charge in [-0.1, -0.05) is 0 Å². The molecular formula is C11H10F4N2O3. The van der Waals surface area contributed by atoms with Crippen molar-refractivity contribution in [3.63, 3.8) is 0 Å². The average Bonchev–Trinajstić information content (AvgIpc) is 2.33. The van der Waals surface area contributed by atoms with Crippen molar-refractivity contribution in [1.82, 2.24) is 4.90 Å². The molecule has 0 aliphatic heterocycles. The number of nitrogens with zero attached hydrogens (tertiary/aromatic N) is 2. The van der Waals surface area contributed by atoms with Crippen LogP contribution in [0.15, 0.2) is 18.2 Å². The van der Waals surface area contributed by atoms with Crippen LogP contribution in [0.4, 0.5) is 23.2 Å². The minimum Gasteiger partial charge on any atom is -0.341 e. The van der Waals surface area contributed by atoms with Crippen LogP contribution < -0.4 is 0 Å². The number of hydrogen-bond donors (Lipinski definition) is 0. The van der Waals surface area contributed by atoms with Gasteiger partial charge < -0.3 is 4.90 Å². The Morgan fingerprint density at radius 1 is 1.40 bits per heavy atom. The first kappa shape index (κ1) is 15.9. The fourth-order valence-electron chi connectivity index (χ4n) is 1.44. The van der Waals surface area contributed by atoms with Crippen LogP contribution in [0.2, 0.25) is 0 Å². The molecule has 0 fully saturated rings. The van der Waals surface area contributed by atoms with Crippen molar-refractivity contribution in [2.75, 3.05) is 13.6 Å². The minimum atomic E-state index is -4.46. The van der Waals surface area contributed by atoms with Crippen molar-refractivity contribution in [2.24, 2.45) is 0 Å². The smallest absolute Gasteiger partial charge is 0.341 e. The van der Waals surface area contributed by atoms with Gasteiger partial charge in [0.1, 0.15) is 11.4 Å². The van der Waals surface area contributed by atoms with Gasteiger partial charge in [0.25, 0.3) is 11.6 Å². The average molecular weight is 294 g/mol. The van der Waals surface area contributed by atoms with E-state index in [1.54, 1.807) is 0 Å². The Morgan fingerprint density at radius 3 is 2.50 bits per heavy atom. The first-order valence-electron chi connectivity index (χ1n) is 5.38. The molecule has 0 atom stereocenters. The van der Waals surface area contributed by atoms with E-state index in [4.69, 9.17) is 0 Å². The van der Waals surface area contributed by atoms with Crippen molar-refractivity contribution in [1.29, 1.82) is 0 Å². The number of amides is 1. The molecule has 0 radical (unpaired) electrons. The Bertz CT molecular complexity index is 531. The molecule has 1 aromatic carbocycles. The maximum absolute atomic E-state index is 13.0. The first-order chi connectivity index (χ1) is 9.11. The van der Waals surface area contributed by atoms with Crippen LogP contribution in [-0.4, -0.2) is 35.5 Å². The molecule has 0 saturated heterocycles. The molecule has 1 rings (SSSR count). The summed E-state index contributed by atoms with van der Waals surface area (Å²) in [5.41, 5.74) is -1.24. The molecule has 0 aliphatic rings. The van der Waals surface area contributed by atoms with Crippen molar-refractivity contribution in [3.8, 4) is 0 Å². The van der Waals surface area contributed by atoms with E-state index in [-0.39, 0.29) is 0 Å². The maximum Gasteiger partial charge on any atom is 0.390 e. The fourth-order valence-corrected chi connectivity index (χ4v) is 1.44. The lowest BCUT2D eigenvalue weighted by Gasteiger charge is -2.18. The second-order valence-corrected chi connectivity index (χ2v) is 4.01. The van der Waals surface area contributed by atoms with Crippen LogP contribution in [0.1, 0.15) is 16.8 Å². The Balaban J connectivity index is 2.96. The Kier molecular flexibility index (Phi) is 4.64. The molecule has 0 aliphatic carbocycles. The van der Waals surface area contributed by atoms with Gasteiger partial charge in [0, 0.05) is 19.7 Å².